The van der Waals surface area contributed by atoms with Crippen LogP contribution < -0.4 is 15.2 Å². The van der Waals surface area contributed by atoms with Crippen molar-refractivity contribution in [1.29, 1.82) is 0 Å². The average Bonchev–Trinajstić information content (AvgIpc) is 2.61. The summed E-state index contributed by atoms with van der Waals surface area (Å²) in [5.41, 5.74) is 5.52. The van der Waals surface area contributed by atoms with Crippen molar-refractivity contribution in [2.75, 3.05) is 26.8 Å². The number of primary amides is 1. The van der Waals surface area contributed by atoms with Gasteiger partial charge in [-0.3, -0.25) is 9.59 Å². The van der Waals surface area contributed by atoms with Crippen molar-refractivity contribution in [3.05, 3.63) is 58.6 Å². The van der Waals surface area contributed by atoms with Gasteiger partial charge in [-0.2, -0.15) is 0 Å². The maximum absolute atomic E-state index is 12.1. The molecule has 0 aliphatic heterocycles. The third kappa shape index (κ3) is 5.79. The third-order valence-electron chi connectivity index (χ3n) is 3.44. The van der Waals surface area contributed by atoms with E-state index < -0.39 is 5.91 Å². The van der Waals surface area contributed by atoms with Crippen LogP contribution in [0.4, 0.5) is 0 Å². The average molecular weight is 407 g/mol. The minimum Gasteiger partial charge on any atom is -0.492 e. The van der Waals surface area contributed by atoms with Crippen LogP contribution in [-0.4, -0.2) is 43.5 Å². The molecule has 0 fully saturated rings. The van der Waals surface area contributed by atoms with Gasteiger partial charge in [-0.05, 0) is 36.4 Å². The molecule has 25 heavy (non-hydrogen) atoms. The number of rotatable bonds is 8. The zero-order chi connectivity index (χ0) is 18.2. The Balaban J connectivity index is 1.78. The van der Waals surface area contributed by atoms with Gasteiger partial charge in [0.05, 0.1) is 12.1 Å². The molecular weight excluding hydrogens is 388 g/mol. The molecule has 0 saturated carbocycles. The predicted octanol–water partition coefficient (Wildman–Crippen LogP) is 2.46. The number of hydrogen-bond acceptors (Lipinski definition) is 4. The second kappa shape index (κ2) is 9.08. The molecule has 0 aromatic heterocycles. The molecule has 0 unspecified atom stereocenters. The number of amides is 2. The normalized spacial score (nSPS) is 10.2. The molecule has 6 nitrogen and oxygen atoms in total. The van der Waals surface area contributed by atoms with E-state index in [1.165, 1.54) is 4.90 Å². The first kappa shape index (κ1) is 18.8. The van der Waals surface area contributed by atoms with Crippen molar-refractivity contribution < 1.29 is 19.1 Å². The molecule has 0 bridgehead atoms. The summed E-state index contributed by atoms with van der Waals surface area (Å²) in [7, 11) is 1.66. The highest BCUT2D eigenvalue weighted by molar-refractivity contribution is 9.10. The van der Waals surface area contributed by atoms with Crippen molar-refractivity contribution in [2.45, 2.75) is 0 Å². The highest BCUT2D eigenvalue weighted by Crippen LogP contribution is 2.17. The number of halogens is 1. The van der Waals surface area contributed by atoms with Crippen LogP contribution >= 0.6 is 15.9 Å². The molecule has 0 spiro atoms. The topological polar surface area (TPSA) is 81.9 Å². The Morgan fingerprint density at radius 3 is 2.44 bits per heavy atom. The van der Waals surface area contributed by atoms with Crippen LogP contribution in [0.2, 0.25) is 0 Å². The third-order valence-corrected chi connectivity index (χ3v) is 3.97. The highest BCUT2D eigenvalue weighted by Gasteiger charge is 2.13. The molecule has 7 heteroatoms. The first-order valence-corrected chi connectivity index (χ1v) is 8.40. The lowest BCUT2D eigenvalue weighted by Gasteiger charge is -2.18. The van der Waals surface area contributed by atoms with Crippen molar-refractivity contribution in [1.82, 2.24) is 4.90 Å². The Kier molecular flexibility index (Phi) is 6.82. The Morgan fingerprint density at radius 2 is 1.76 bits per heavy atom. The summed E-state index contributed by atoms with van der Waals surface area (Å²) in [5.74, 6) is 0.205. The van der Waals surface area contributed by atoms with Crippen LogP contribution in [-0.2, 0) is 4.79 Å². The number of ether oxygens (including phenoxy) is 2. The summed E-state index contributed by atoms with van der Waals surface area (Å²) < 4.78 is 12.0. The minimum absolute atomic E-state index is 0.181. The predicted molar refractivity (Wildman–Crippen MR) is 97.7 cm³/mol. The van der Waals surface area contributed by atoms with Crippen LogP contribution in [0.5, 0.6) is 11.5 Å². The van der Waals surface area contributed by atoms with Crippen LogP contribution in [0.3, 0.4) is 0 Å². The maximum atomic E-state index is 12.1. The molecule has 0 aliphatic rings. The number of carbonyl (C=O) groups is 2. The van der Waals surface area contributed by atoms with Gasteiger partial charge in [0.15, 0.2) is 6.61 Å². The molecule has 2 N–H and O–H groups in total. The molecule has 2 aromatic rings. The van der Waals surface area contributed by atoms with Crippen molar-refractivity contribution >= 4 is 27.7 Å². The van der Waals surface area contributed by atoms with Gasteiger partial charge >= 0.3 is 0 Å². The molecule has 2 aromatic carbocycles. The van der Waals surface area contributed by atoms with Gasteiger partial charge in [0.25, 0.3) is 11.8 Å². The second-order valence-electron chi connectivity index (χ2n) is 5.27. The van der Waals surface area contributed by atoms with Gasteiger partial charge in [-0.25, -0.2) is 0 Å². The lowest BCUT2D eigenvalue weighted by molar-refractivity contribution is -0.132. The van der Waals surface area contributed by atoms with Crippen LogP contribution in [0.15, 0.2) is 53.0 Å². The van der Waals surface area contributed by atoms with Gasteiger partial charge in [0.2, 0.25) is 0 Å². The number of likely N-dealkylation sites (N-methyl/N-ethyl adjacent to an activating group) is 1. The molecule has 2 rings (SSSR count). The molecule has 0 aliphatic carbocycles. The van der Waals surface area contributed by atoms with Gasteiger partial charge in [-0.15, -0.1) is 0 Å². The molecule has 2 amide bonds. The smallest absolute Gasteiger partial charge is 0.260 e. The lowest BCUT2D eigenvalue weighted by Crippen LogP contribution is -2.34. The van der Waals surface area contributed by atoms with E-state index in [2.05, 4.69) is 15.9 Å². The molecule has 132 valence electrons. The van der Waals surface area contributed by atoms with E-state index in [0.29, 0.717) is 18.9 Å². The Bertz CT molecular complexity index is 734. The van der Waals surface area contributed by atoms with Crippen molar-refractivity contribution in [3.63, 3.8) is 0 Å². The number of hydrogen-bond donors (Lipinski definition) is 1. The van der Waals surface area contributed by atoms with Gasteiger partial charge < -0.3 is 20.1 Å². The SMILES string of the molecule is CN(CCOc1ccc(Br)cc1)C(=O)COc1ccccc1C(N)=O. The van der Waals surface area contributed by atoms with E-state index in [0.717, 1.165) is 10.2 Å². The molecule has 0 radical (unpaired) electrons. The first-order chi connectivity index (χ1) is 12.0. The van der Waals surface area contributed by atoms with E-state index in [1.54, 1.807) is 31.3 Å². The fourth-order valence-electron chi connectivity index (χ4n) is 2.00. The standard InChI is InChI=1S/C18H19BrN2O4/c1-21(10-11-24-14-8-6-13(19)7-9-14)17(22)12-25-16-5-3-2-4-15(16)18(20)23/h2-9H,10-12H2,1H3,(H2,20,23). The summed E-state index contributed by atoms with van der Waals surface area (Å²) in [6, 6.07) is 14.0. The van der Waals surface area contributed by atoms with E-state index in [1.807, 2.05) is 24.3 Å². The highest BCUT2D eigenvalue weighted by atomic mass is 79.9. The Hall–Kier alpha value is -2.54. The van der Waals surface area contributed by atoms with Crippen molar-refractivity contribution in [3.8, 4) is 11.5 Å². The molecule has 0 heterocycles. The number of benzene rings is 2. The minimum atomic E-state index is -0.598. The van der Waals surface area contributed by atoms with E-state index >= 15 is 0 Å². The molecular formula is C18H19BrN2O4. The van der Waals surface area contributed by atoms with Crippen LogP contribution in [0, 0.1) is 0 Å². The summed E-state index contributed by atoms with van der Waals surface area (Å²) in [4.78, 5) is 24.9. The van der Waals surface area contributed by atoms with Crippen LogP contribution in [0.25, 0.3) is 0 Å². The Morgan fingerprint density at radius 1 is 1.08 bits per heavy atom. The summed E-state index contributed by atoms with van der Waals surface area (Å²) in [6.45, 7) is 0.594. The first-order valence-electron chi connectivity index (χ1n) is 7.61. The number of para-hydroxylation sites is 1. The second-order valence-corrected chi connectivity index (χ2v) is 6.18. The zero-order valence-corrected chi connectivity index (χ0v) is 15.4. The maximum Gasteiger partial charge on any atom is 0.260 e. The number of nitrogens with two attached hydrogens (primary N) is 1. The zero-order valence-electron chi connectivity index (χ0n) is 13.8. The fraction of sp³-hybridized carbons (Fsp3) is 0.222. The van der Waals surface area contributed by atoms with Crippen LogP contribution in [0.1, 0.15) is 10.4 Å². The summed E-state index contributed by atoms with van der Waals surface area (Å²) in [6.07, 6.45) is 0. The monoisotopic (exact) mass is 406 g/mol. The number of carbonyl (C=O) groups excluding carboxylic acids is 2. The van der Waals surface area contributed by atoms with Gasteiger partial charge in [0, 0.05) is 11.5 Å². The lowest BCUT2D eigenvalue weighted by atomic mass is 10.2. The number of nitrogens with zero attached hydrogens (tertiary/aromatic N) is 1. The van der Waals surface area contributed by atoms with E-state index in [-0.39, 0.29) is 18.1 Å². The largest absolute Gasteiger partial charge is 0.492 e. The fourth-order valence-corrected chi connectivity index (χ4v) is 2.27. The summed E-state index contributed by atoms with van der Waals surface area (Å²) >= 11 is 3.36. The van der Waals surface area contributed by atoms with Crippen molar-refractivity contribution in [2.24, 2.45) is 5.73 Å². The molecule has 0 atom stereocenters. The summed E-state index contributed by atoms with van der Waals surface area (Å²) in [5, 5.41) is 0. The molecule has 0 saturated heterocycles. The van der Waals surface area contributed by atoms with E-state index in [9.17, 15) is 9.59 Å². The van der Waals surface area contributed by atoms with E-state index in [4.69, 9.17) is 15.2 Å². The Labute approximate surface area is 154 Å². The van der Waals surface area contributed by atoms with Gasteiger partial charge in [0.1, 0.15) is 18.1 Å². The van der Waals surface area contributed by atoms with Gasteiger partial charge in [-0.1, -0.05) is 28.1 Å². The quantitative estimate of drug-likeness (QED) is 0.729.